The molecule has 0 bridgehead atoms. The Morgan fingerprint density at radius 2 is 1.93 bits per heavy atom. The van der Waals surface area contributed by atoms with Gasteiger partial charge >= 0.3 is 6.03 Å². The molecular formula is C22H27N3O2. The normalized spacial score (nSPS) is 16.3. The smallest absolute Gasteiger partial charge is 0.322 e. The quantitative estimate of drug-likeness (QED) is 0.835. The van der Waals surface area contributed by atoms with Crippen molar-refractivity contribution in [2.24, 2.45) is 0 Å². The minimum absolute atomic E-state index is 0.0364. The molecule has 2 N–H and O–H groups in total. The molecular weight excluding hydrogens is 338 g/mol. The third kappa shape index (κ3) is 4.88. The second-order valence-electron chi connectivity index (χ2n) is 7.43. The van der Waals surface area contributed by atoms with Crippen LogP contribution < -0.4 is 10.6 Å². The number of urea groups is 1. The average molecular weight is 365 g/mol. The molecule has 0 radical (unpaired) electrons. The van der Waals surface area contributed by atoms with Crippen molar-refractivity contribution in [3.8, 4) is 11.1 Å². The van der Waals surface area contributed by atoms with E-state index < -0.39 is 0 Å². The van der Waals surface area contributed by atoms with Gasteiger partial charge in [0.25, 0.3) is 0 Å². The fourth-order valence-corrected chi connectivity index (χ4v) is 3.35. The van der Waals surface area contributed by atoms with Gasteiger partial charge in [-0.15, -0.1) is 0 Å². The summed E-state index contributed by atoms with van der Waals surface area (Å²) in [5.41, 5.74) is 4.26. The summed E-state index contributed by atoms with van der Waals surface area (Å²) in [5.74, 6) is 0.0656. The topological polar surface area (TPSA) is 61.4 Å². The van der Waals surface area contributed by atoms with E-state index in [4.69, 9.17) is 0 Å². The number of hydrogen-bond donors (Lipinski definition) is 2. The summed E-state index contributed by atoms with van der Waals surface area (Å²) in [5, 5.41) is 5.90. The summed E-state index contributed by atoms with van der Waals surface area (Å²) in [6, 6.07) is 16.2. The largest absolute Gasteiger partial charge is 0.352 e. The number of nitrogens with one attached hydrogen (secondary N) is 2. The van der Waals surface area contributed by atoms with Gasteiger partial charge in [-0.25, -0.2) is 4.79 Å². The molecule has 5 heteroatoms. The van der Waals surface area contributed by atoms with Gasteiger partial charge in [0.2, 0.25) is 5.91 Å². The van der Waals surface area contributed by atoms with Gasteiger partial charge < -0.3 is 15.5 Å². The van der Waals surface area contributed by atoms with Crippen LogP contribution in [0.4, 0.5) is 10.5 Å². The highest BCUT2D eigenvalue weighted by Gasteiger charge is 2.26. The fraction of sp³-hybridized carbons (Fsp3) is 0.364. The molecule has 1 atom stereocenters. The minimum Gasteiger partial charge on any atom is -0.352 e. The van der Waals surface area contributed by atoms with E-state index in [1.165, 1.54) is 5.56 Å². The Morgan fingerprint density at radius 3 is 2.52 bits per heavy atom. The molecule has 3 amide bonds. The van der Waals surface area contributed by atoms with Crippen LogP contribution in [0, 0.1) is 6.92 Å². The standard InChI is InChI=1S/C22H27N3O2/c1-15(2)25(14-20-11-12-21(26)23-20)22(27)24-19-9-7-17(8-10-19)18-6-4-5-16(3)13-18/h4-10,13,15,20H,11-12,14H2,1-3H3,(H,23,26)(H,24,27)/t20-/m0/s1. The first kappa shape index (κ1) is 19.0. The van der Waals surface area contributed by atoms with Gasteiger partial charge in [-0.2, -0.15) is 0 Å². The summed E-state index contributed by atoms with van der Waals surface area (Å²) in [6.07, 6.45) is 1.32. The summed E-state index contributed by atoms with van der Waals surface area (Å²) in [7, 11) is 0. The second kappa shape index (κ2) is 8.25. The first-order valence-corrected chi connectivity index (χ1v) is 9.46. The van der Waals surface area contributed by atoms with E-state index in [-0.39, 0.29) is 24.0 Å². The van der Waals surface area contributed by atoms with E-state index in [0.29, 0.717) is 13.0 Å². The van der Waals surface area contributed by atoms with Crippen molar-refractivity contribution in [2.75, 3.05) is 11.9 Å². The van der Waals surface area contributed by atoms with Crippen LogP contribution in [0.5, 0.6) is 0 Å². The van der Waals surface area contributed by atoms with Crippen molar-refractivity contribution in [3.05, 3.63) is 54.1 Å². The van der Waals surface area contributed by atoms with Crippen molar-refractivity contribution in [2.45, 2.75) is 45.7 Å². The SMILES string of the molecule is Cc1cccc(-c2ccc(NC(=O)N(C[C@@H]3CCC(=O)N3)C(C)C)cc2)c1. The van der Waals surface area contributed by atoms with E-state index >= 15 is 0 Å². The van der Waals surface area contributed by atoms with Crippen LogP contribution >= 0.6 is 0 Å². The maximum Gasteiger partial charge on any atom is 0.322 e. The Morgan fingerprint density at radius 1 is 1.19 bits per heavy atom. The summed E-state index contributed by atoms with van der Waals surface area (Å²) in [6.45, 7) is 6.57. The van der Waals surface area contributed by atoms with E-state index in [1.807, 2.05) is 44.2 Å². The molecule has 2 aromatic carbocycles. The van der Waals surface area contributed by atoms with Gasteiger partial charge in [-0.1, -0.05) is 42.0 Å². The third-order valence-corrected chi connectivity index (χ3v) is 4.87. The molecule has 0 saturated carbocycles. The zero-order chi connectivity index (χ0) is 19.4. The van der Waals surface area contributed by atoms with E-state index in [2.05, 4.69) is 35.8 Å². The van der Waals surface area contributed by atoms with E-state index in [1.54, 1.807) is 4.90 Å². The van der Waals surface area contributed by atoms with Crippen LogP contribution in [0.3, 0.4) is 0 Å². The van der Waals surface area contributed by atoms with E-state index in [0.717, 1.165) is 23.2 Å². The number of hydrogen-bond acceptors (Lipinski definition) is 2. The first-order valence-electron chi connectivity index (χ1n) is 9.46. The van der Waals surface area contributed by atoms with Gasteiger partial charge in [0.15, 0.2) is 0 Å². The number of rotatable bonds is 5. The van der Waals surface area contributed by atoms with Crippen molar-refractivity contribution >= 4 is 17.6 Å². The highest BCUT2D eigenvalue weighted by molar-refractivity contribution is 5.90. The average Bonchev–Trinajstić information content (AvgIpc) is 3.05. The summed E-state index contributed by atoms with van der Waals surface area (Å²) < 4.78 is 0. The predicted molar refractivity (Wildman–Crippen MR) is 109 cm³/mol. The van der Waals surface area contributed by atoms with Crippen LogP contribution in [0.2, 0.25) is 0 Å². The lowest BCUT2D eigenvalue weighted by Crippen LogP contribution is -2.47. The molecule has 3 rings (SSSR count). The molecule has 1 aliphatic heterocycles. The maximum absolute atomic E-state index is 12.7. The highest BCUT2D eigenvalue weighted by Crippen LogP contribution is 2.22. The van der Waals surface area contributed by atoms with Gasteiger partial charge in [-0.05, 0) is 50.5 Å². The minimum atomic E-state index is -0.144. The number of benzene rings is 2. The summed E-state index contributed by atoms with van der Waals surface area (Å²) in [4.78, 5) is 25.9. The Bertz CT molecular complexity index is 815. The molecule has 1 fully saturated rings. The van der Waals surface area contributed by atoms with Crippen molar-refractivity contribution in [1.29, 1.82) is 0 Å². The van der Waals surface area contributed by atoms with Gasteiger partial charge in [0.1, 0.15) is 0 Å². The molecule has 0 aromatic heterocycles. The molecule has 142 valence electrons. The van der Waals surface area contributed by atoms with E-state index in [9.17, 15) is 9.59 Å². The number of anilines is 1. The number of amides is 3. The Labute approximate surface area is 160 Å². The molecule has 0 aliphatic carbocycles. The number of nitrogens with zero attached hydrogens (tertiary/aromatic N) is 1. The van der Waals surface area contributed by atoms with Crippen LogP contribution in [-0.2, 0) is 4.79 Å². The van der Waals surface area contributed by atoms with Gasteiger partial charge in [0.05, 0.1) is 0 Å². The molecule has 1 heterocycles. The monoisotopic (exact) mass is 365 g/mol. The van der Waals surface area contributed by atoms with Gasteiger partial charge in [0, 0.05) is 30.7 Å². The molecule has 5 nitrogen and oxygen atoms in total. The number of aryl methyl sites for hydroxylation is 1. The molecule has 2 aromatic rings. The van der Waals surface area contributed by atoms with Gasteiger partial charge in [-0.3, -0.25) is 4.79 Å². The molecule has 0 spiro atoms. The Kier molecular flexibility index (Phi) is 5.79. The Balaban J connectivity index is 1.65. The fourth-order valence-electron chi connectivity index (χ4n) is 3.35. The van der Waals surface area contributed by atoms with Crippen molar-refractivity contribution in [1.82, 2.24) is 10.2 Å². The first-order chi connectivity index (χ1) is 12.9. The number of carbonyl (C=O) groups is 2. The molecule has 0 unspecified atom stereocenters. The lowest BCUT2D eigenvalue weighted by atomic mass is 10.0. The zero-order valence-corrected chi connectivity index (χ0v) is 16.2. The van der Waals surface area contributed by atoms with Crippen LogP contribution in [-0.4, -0.2) is 35.5 Å². The summed E-state index contributed by atoms with van der Waals surface area (Å²) >= 11 is 0. The lowest BCUT2D eigenvalue weighted by Gasteiger charge is -2.29. The molecule has 27 heavy (non-hydrogen) atoms. The number of carbonyl (C=O) groups excluding carboxylic acids is 2. The van der Waals surface area contributed by atoms with Crippen molar-refractivity contribution in [3.63, 3.8) is 0 Å². The third-order valence-electron chi connectivity index (χ3n) is 4.87. The Hall–Kier alpha value is -2.82. The second-order valence-corrected chi connectivity index (χ2v) is 7.43. The van der Waals surface area contributed by atoms with Crippen LogP contribution in [0.1, 0.15) is 32.3 Å². The lowest BCUT2D eigenvalue weighted by molar-refractivity contribution is -0.119. The molecule has 1 aliphatic rings. The maximum atomic E-state index is 12.7. The zero-order valence-electron chi connectivity index (χ0n) is 16.2. The van der Waals surface area contributed by atoms with Crippen LogP contribution in [0.25, 0.3) is 11.1 Å². The predicted octanol–water partition coefficient (Wildman–Crippen LogP) is 4.18. The molecule has 1 saturated heterocycles. The van der Waals surface area contributed by atoms with Crippen molar-refractivity contribution < 1.29 is 9.59 Å². The highest BCUT2D eigenvalue weighted by atomic mass is 16.2. The van der Waals surface area contributed by atoms with Crippen LogP contribution in [0.15, 0.2) is 48.5 Å².